The highest BCUT2D eigenvalue weighted by Gasteiger charge is 2.16. The molecule has 0 fully saturated rings. The third-order valence-electron chi connectivity index (χ3n) is 2.24. The van der Waals surface area contributed by atoms with Crippen molar-refractivity contribution >= 4 is 37.6 Å². The van der Waals surface area contributed by atoms with E-state index in [-0.39, 0.29) is 21.0 Å². The van der Waals surface area contributed by atoms with Crippen LogP contribution in [-0.2, 0) is 10.0 Å². The quantitative estimate of drug-likeness (QED) is 0.561. The molecule has 2 rings (SSSR count). The van der Waals surface area contributed by atoms with Gasteiger partial charge in [0.1, 0.15) is 10.7 Å². The third-order valence-corrected chi connectivity index (χ3v) is 4.18. The van der Waals surface area contributed by atoms with Gasteiger partial charge in [-0.05, 0) is 34.1 Å². The summed E-state index contributed by atoms with van der Waals surface area (Å²) in [7, 11) is -3.85. The summed E-state index contributed by atoms with van der Waals surface area (Å²) in [6, 6.07) is 3.75. The number of nitrogens with zero attached hydrogens (tertiary/aromatic N) is 2. The Balaban J connectivity index is 2.27. The van der Waals surface area contributed by atoms with E-state index in [2.05, 4.69) is 36.0 Å². The number of hydrogen-bond acceptors (Lipinski definition) is 6. The number of halogens is 2. The van der Waals surface area contributed by atoms with E-state index in [4.69, 9.17) is 5.84 Å². The number of aromatic nitrogens is 2. The maximum atomic E-state index is 13.1. The minimum atomic E-state index is -3.85. The van der Waals surface area contributed by atoms with Gasteiger partial charge in [-0.15, -0.1) is 0 Å². The Morgan fingerprint density at radius 2 is 1.90 bits per heavy atom. The molecule has 0 amide bonds. The maximum Gasteiger partial charge on any atom is 0.264 e. The fourth-order valence-electron chi connectivity index (χ4n) is 1.30. The van der Waals surface area contributed by atoms with Gasteiger partial charge in [0.25, 0.3) is 10.0 Å². The molecule has 0 saturated heterocycles. The van der Waals surface area contributed by atoms with Gasteiger partial charge >= 0.3 is 0 Å². The summed E-state index contributed by atoms with van der Waals surface area (Å²) in [6.07, 6.45) is 2.20. The Kier molecular flexibility index (Phi) is 4.16. The lowest BCUT2D eigenvalue weighted by Gasteiger charge is -2.08. The second-order valence-corrected chi connectivity index (χ2v) is 6.16. The normalized spacial score (nSPS) is 11.2. The maximum absolute atomic E-state index is 13.1. The van der Waals surface area contributed by atoms with Crippen molar-refractivity contribution in [2.24, 2.45) is 5.84 Å². The van der Waals surface area contributed by atoms with Gasteiger partial charge in [-0.1, -0.05) is 0 Å². The van der Waals surface area contributed by atoms with Crippen molar-refractivity contribution in [1.82, 2.24) is 9.97 Å². The highest BCUT2D eigenvalue weighted by atomic mass is 79.9. The van der Waals surface area contributed by atoms with Crippen molar-refractivity contribution in [1.29, 1.82) is 0 Å². The van der Waals surface area contributed by atoms with Gasteiger partial charge in [0, 0.05) is 0 Å². The van der Waals surface area contributed by atoms with Crippen molar-refractivity contribution in [2.75, 3.05) is 10.1 Å². The average Bonchev–Trinajstić information content (AvgIpc) is 2.43. The molecule has 1 heterocycles. The third kappa shape index (κ3) is 3.21. The molecule has 2 aromatic rings. The Bertz CT molecular complexity index is 723. The Hall–Kier alpha value is -1.78. The summed E-state index contributed by atoms with van der Waals surface area (Å²) >= 11 is 2.97. The molecule has 0 aliphatic rings. The van der Waals surface area contributed by atoms with Crippen LogP contribution < -0.4 is 16.0 Å². The zero-order chi connectivity index (χ0) is 14.8. The number of hydrazine groups is 1. The van der Waals surface area contributed by atoms with Crippen LogP contribution >= 0.6 is 15.9 Å². The molecule has 0 radical (unpaired) electrons. The summed E-state index contributed by atoms with van der Waals surface area (Å²) < 4.78 is 39.6. The molecule has 10 heteroatoms. The monoisotopic (exact) mass is 361 g/mol. The highest BCUT2D eigenvalue weighted by Crippen LogP contribution is 2.22. The van der Waals surface area contributed by atoms with E-state index in [1.54, 1.807) is 0 Å². The van der Waals surface area contributed by atoms with Crippen molar-refractivity contribution < 1.29 is 12.8 Å². The molecule has 0 aliphatic heterocycles. The SMILES string of the molecule is NNc1ncc(S(=O)(=O)Nc2ccc(F)c(Br)c2)cn1. The van der Waals surface area contributed by atoms with Crippen LogP contribution in [0.1, 0.15) is 0 Å². The van der Waals surface area contributed by atoms with E-state index < -0.39 is 15.8 Å². The number of nitrogens with one attached hydrogen (secondary N) is 2. The van der Waals surface area contributed by atoms with Gasteiger partial charge in [-0.3, -0.25) is 10.1 Å². The van der Waals surface area contributed by atoms with Crippen molar-refractivity contribution in [3.63, 3.8) is 0 Å². The lowest BCUT2D eigenvalue weighted by molar-refractivity contribution is 0.600. The molecule has 1 aromatic carbocycles. The molecule has 106 valence electrons. The van der Waals surface area contributed by atoms with Gasteiger partial charge in [0.05, 0.1) is 22.6 Å². The Labute approximate surface area is 122 Å². The van der Waals surface area contributed by atoms with E-state index in [1.807, 2.05) is 0 Å². The number of nitrogens with two attached hydrogens (primary N) is 1. The first-order chi connectivity index (χ1) is 9.42. The molecule has 20 heavy (non-hydrogen) atoms. The summed E-state index contributed by atoms with van der Waals surface area (Å²) in [4.78, 5) is 7.26. The molecular formula is C10H9BrFN5O2S. The molecule has 0 aliphatic carbocycles. The Morgan fingerprint density at radius 3 is 2.45 bits per heavy atom. The number of anilines is 2. The molecule has 4 N–H and O–H groups in total. The number of nitrogen functional groups attached to an aromatic ring is 1. The standard InChI is InChI=1S/C10H9BrFN5O2S/c11-8-3-6(1-2-9(8)12)17-20(18,19)7-4-14-10(16-13)15-5-7/h1-5,17H,13H2,(H,14,15,16). The van der Waals surface area contributed by atoms with E-state index in [9.17, 15) is 12.8 Å². The van der Waals surface area contributed by atoms with Crippen LogP contribution in [0.15, 0.2) is 40.0 Å². The van der Waals surface area contributed by atoms with Crippen molar-refractivity contribution in [3.8, 4) is 0 Å². The topological polar surface area (TPSA) is 110 Å². The second-order valence-electron chi connectivity index (χ2n) is 3.62. The molecule has 0 unspecified atom stereocenters. The lowest BCUT2D eigenvalue weighted by Crippen LogP contribution is -2.15. The van der Waals surface area contributed by atoms with Gasteiger partial charge in [0.15, 0.2) is 0 Å². The molecule has 0 bridgehead atoms. The number of rotatable bonds is 4. The largest absolute Gasteiger partial charge is 0.292 e. The predicted octanol–water partition coefficient (Wildman–Crippen LogP) is 1.46. The van der Waals surface area contributed by atoms with Gasteiger partial charge in [0.2, 0.25) is 5.95 Å². The smallest absolute Gasteiger partial charge is 0.264 e. The van der Waals surface area contributed by atoms with Crippen LogP contribution in [0.2, 0.25) is 0 Å². The van der Waals surface area contributed by atoms with Gasteiger partial charge in [-0.2, -0.15) is 0 Å². The highest BCUT2D eigenvalue weighted by molar-refractivity contribution is 9.10. The van der Waals surface area contributed by atoms with Gasteiger partial charge < -0.3 is 0 Å². The van der Waals surface area contributed by atoms with Gasteiger partial charge in [-0.25, -0.2) is 28.6 Å². The van der Waals surface area contributed by atoms with Crippen molar-refractivity contribution in [3.05, 3.63) is 40.9 Å². The minimum Gasteiger partial charge on any atom is -0.292 e. The van der Waals surface area contributed by atoms with E-state index in [0.29, 0.717) is 0 Å². The van der Waals surface area contributed by atoms with Crippen LogP contribution in [-0.4, -0.2) is 18.4 Å². The van der Waals surface area contributed by atoms with Crippen LogP contribution in [0, 0.1) is 5.82 Å². The first-order valence-electron chi connectivity index (χ1n) is 5.19. The molecule has 0 spiro atoms. The van der Waals surface area contributed by atoms with Crippen LogP contribution in [0.4, 0.5) is 16.0 Å². The molecular weight excluding hydrogens is 353 g/mol. The zero-order valence-corrected chi connectivity index (χ0v) is 12.2. The predicted molar refractivity (Wildman–Crippen MR) is 74.8 cm³/mol. The lowest BCUT2D eigenvalue weighted by atomic mass is 10.3. The average molecular weight is 362 g/mol. The first-order valence-corrected chi connectivity index (χ1v) is 7.46. The van der Waals surface area contributed by atoms with Crippen LogP contribution in [0.5, 0.6) is 0 Å². The number of benzene rings is 1. The minimum absolute atomic E-state index is 0.0912. The fourth-order valence-corrected chi connectivity index (χ4v) is 2.62. The summed E-state index contributed by atoms with van der Waals surface area (Å²) in [5, 5.41) is 0. The van der Waals surface area contributed by atoms with Crippen molar-refractivity contribution in [2.45, 2.75) is 4.90 Å². The van der Waals surface area contributed by atoms with E-state index in [1.165, 1.54) is 12.1 Å². The van der Waals surface area contributed by atoms with E-state index >= 15 is 0 Å². The fraction of sp³-hybridized carbons (Fsp3) is 0. The number of hydrogen-bond donors (Lipinski definition) is 3. The van der Waals surface area contributed by atoms with E-state index in [0.717, 1.165) is 18.5 Å². The molecule has 1 aromatic heterocycles. The zero-order valence-electron chi connectivity index (χ0n) is 9.84. The molecule has 0 atom stereocenters. The summed E-state index contributed by atoms with van der Waals surface area (Å²) in [6.45, 7) is 0. The number of sulfonamides is 1. The van der Waals surface area contributed by atoms with Crippen LogP contribution in [0.25, 0.3) is 0 Å². The van der Waals surface area contributed by atoms with Crippen LogP contribution in [0.3, 0.4) is 0 Å². The summed E-state index contributed by atoms with van der Waals surface area (Å²) in [5.74, 6) is 4.68. The Morgan fingerprint density at radius 1 is 1.25 bits per heavy atom. The molecule has 7 nitrogen and oxygen atoms in total. The second kappa shape index (κ2) is 5.69. The first kappa shape index (κ1) is 14.6. The molecule has 0 saturated carbocycles. The summed E-state index contributed by atoms with van der Waals surface area (Å²) in [5.41, 5.74) is 2.39.